The highest BCUT2D eigenvalue weighted by molar-refractivity contribution is 5.01. The Morgan fingerprint density at radius 2 is 2.22 bits per heavy atom. The molecule has 4 heteroatoms. The van der Waals surface area contributed by atoms with Gasteiger partial charge in [-0.15, -0.1) is 0 Å². The molecule has 0 amide bonds. The Hall–Kier alpha value is -0.900. The van der Waals surface area contributed by atoms with Crippen LogP contribution >= 0.6 is 0 Å². The van der Waals surface area contributed by atoms with E-state index in [2.05, 4.69) is 22.4 Å². The van der Waals surface area contributed by atoms with Gasteiger partial charge in [0.2, 0.25) is 5.89 Å². The van der Waals surface area contributed by atoms with Crippen LogP contribution in [-0.4, -0.2) is 16.7 Å². The molecule has 1 aliphatic carbocycles. The number of hydrogen-bond donors (Lipinski definition) is 1. The van der Waals surface area contributed by atoms with Gasteiger partial charge in [0.15, 0.2) is 5.82 Å². The highest BCUT2D eigenvalue weighted by Gasteiger charge is 2.28. The van der Waals surface area contributed by atoms with Crippen molar-refractivity contribution < 1.29 is 4.52 Å². The van der Waals surface area contributed by atoms with Gasteiger partial charge >= 0.3 is 0 Å². The molecule has 1 aromatic rings. The van der Waals surface area contributed by atoms with Crippen LogP contribution in [0.2, 0.25) is 0 Å². The van der Waals surface area contributed by atoms with E-state index < -0.39 is 0 Å². The Bertz CT molecular complexity index is 384. The molecule has 1 N–H and O–H groups in total. The summed E-state index contributed by atoms with van der Waals surface area (Å²) in [6.45, 7) is 3.36. The molecule has 1 aromatic heterocycles. The quantitative estimate of drug-likeness (QED) is 0.894. The van der Waals surface area contributed by atoms with Crippen LogP contribution in [0.15, 0.2) is 4.52 Å². The van der Waals surface area contributed by atoms with Crippen molar-refractivity contribution in [3.8, 4) is 0 Å². The highest BCUT2D eigenvalue weighted by atomic mass is 16.5. The van der Waals surface area contributed by atoms with Gasteiger partial charge < -0.3 is 9.84 Å². The first kappa shape index (κ1) is 12.2. The molecule has 3 unspecified atom stereocenters. The molecule has 2 aliphatic rings. The fraction of sp³-hybridized carbons (Fsp3) is 0.857. The first-order chi connectivity index (χ1) is 8.86. The van der Waals surface area contributed by atoms with Crippen molar-refractivity contribution in [3.63, 3.8) is 0 Å². The third-order valence-electron chi connectivity index (χ3n) is 4.54. The van der Waals surface area contributed by atoms with Crippen LogP contribution < -0.4 is 5.32 Å². The first-order valence-corrected chi connectivity index (χ1v) is 7.43. The predicted molar refractivity (Wildman–Crippen MR) is 69.3 cm³/mol. The summed E-state index contributed by atoms with van der Waals surface area (Å²) in [6.07, 6.45) is 8.79. The van der Waals surface area contributed by atoms with Crippen molar-refractivity contribution >= 4 is 0 Å². The van der Waals surface area contributed by atoms with E-state index in [1.807, 2.05) is 0 Å². The maximum Gasteiger partial charge on any atom is 0.243 e. The van der Waals surface area contributed by atoms with E-state index in [4.69, 9.17) is 4.52 Å². The molecule has 1 saturated carbocycles. The molecule has 2 fully saturated rings. The fourth-order valence-corrected chi connectivity index (χ4v) is 3.35. The van der Waals surface area contributed by atoms with Crippen LogP contribution in [0, 0.1) is 5.92 Å². The second kappa shape index (κ2) is 5.39. The molecular formula is C14H23N3O. The summed E-state index contributed by atoms with van der Waals surface area (Å²) in [5.74, 6) is 3.15. The summed E-state index contributed by atoms with van der Waals surface area (Å²) in [5, 5.41) is 7.64. The van der Waals surface area contributed by atoms with Gasteiger partial charge in [0, 0.05) is 5.92 Å². The van der Waals surface area contributed by atoms with Gasteiger partial charge in [-0.25, -0.2) is 0 Å². The van der Waals surface area contributed by atoms with E-state index in [1.165, 1.54) is 38.5 Å². The third-order valence-corrected chi connectivity index (χ3v) is 4.54. The minimum absolute atomic E-state index is 0.303. The summed E-state index contributed by atoms with van der Waals surface area (Å²) in [5.41, 5.74) is 0. The second-order valence-corrected chi connectivity index (χ2v) is 5.78. The average molecular weight is 249 g/mol. The van der Waals surface area contributed by atoms with Crippen LogP contribution in [0.1, 0.15) is 75.5 Å². The summed E-state index contributed by atoms with van der Waals surface area (Å²) in [4.78, 5) is 4.64. The van der Waals surface area contributed by atoms with Gasteiger partial charge in [-0.05, 0) is 38.1 Å². The number of hydrogen-bond acceptors (Lipinski definition) is 4. The monoisotopic (exact) mass is 249 g/mol. The van der Waals surface area contributed by atoms with Crippen LogP contribution in [0.3, 0.4) is 0 Å². The Balaban J connectivity index is 1.68. The van der Waals surface area contributed by atoms with Crippen LogP contribution in [0.5, 0.6) is 0 Å². The number of nitrogens with one attached hydrogen (secondary N) is 1. The van der Waals surface area contributed by atoms with Gasteiger partial charge in [-0.2, -0.15) is 4.98 Å². The molecule has 18 heavy (non-hydrogen) atoms. The summed E-state index contributed by atoms with van der Waals surface area (Å²) < 4.78 is 5.45. The van der Waals surface area contributed by atoms with E-state index in [1.54, 1.807) is 0 Å². The van der Waals surface area contributed by atoms with Crippen molar-refractivity contribution in [1.82, 2.24) is 15.5 Å². The van der Waals surface area contributed by atoms with Crippen LogP contribution in [0.4, 0.5) is 0 Å². The molecule has 3 atom stereocenters. The molecule has 0 radical (unpaired) electrons. The molecule has 0 bridgehead atoms. The summed E-state index contributed by atoms with van der Waals surface area (Å²) in [7, 11) is 0. The van der Waals surface area contributed by atoms with Crippen molar-refractivity contribution in [2.24, 2.45) is 5.92 Å². The smallest absolute Gasteiger partial charge is 0.243 e. The van der Waals surface area contributed by atoms with E-state index in [0.29, 0.717) is 12.0 Å². The topological polar surface area (TPSA) is 51.0 Å². The zero-order chi connectivity index (χ0) is 12.4. The largest absolute Gasteiger partial charge is 0.338 e. The standard InChI is InChI=1S/C14H23N3O/c1-2-10-5-3-6-11(9-10)13-16-14(18-17-13)12-7-4-8-15-12/h10-12,15H,2-9H2,1H3. The van der Waals surface area contributed by atoms with Gasteiger partial charge in [0.25, 0.3) is 0 Å². The van der Waals surface area contributed by atoms with Crippen molar-refractivity contribution in [1.29, 1.82) is 0 Å². The summed E-state index contributed by atoms with van der Waals surface area (Å²) >= 11 is 0. The zero-order valence-corrected chi connectivity index (χ0v) is 11.2. The predicted octanol–water partition coefficient (Wildman–Crippen LogP) is 3.18. The van der Waals surface area contributed by atoms with Crippen molar-refractivity contribution in [2.75, 3.05) is 6.54 Å². The lowest BCUT2D eigenvalue weighted by Crippen LogP contribution is -2.15. The molecule has 0 aromatic carbocycles. The number of nitrogens with zero attached hydrogens (tertiary/aromatic N) is 2. The molecule has 0 spiro atoms. The molecule has 1 aliphatic heterocycles. The molecule has 3 rings (SSSR count). The van der Waals surface area contributed by atoms with E-state index in [0.717, 1.165) is 30.6 Å². The average Bonchev–Trinajstić information content (AvgIpc) is 3.09. The van der Waals surface area contributed by atoms with Crippen LogP contribution in [-0.2, 0) is 0 Å². The normalized spacial score (nSPS) is 32.8. The Morgan fingerprint density at radius 1 is 1.28 bits per heavy atom. The van der Waals surface area contributed by atoms with Gasteiger partial charge in [-0.1, -0.05) is 31.3 Å². The zero-order valence-electron chi connectivity index (χ0n) is 11.2. The lowest BCUT2D eigenvalue weighted by molar-refractivity contribution is 0.295. The third kappa shape index (κ3) is 2.44. The van der Waals surface area contributed by atoms with Crippen molar-refractivity contribution in [2.45, 2.75) is 63.8 Å². The Labute approximate surface area is 109 Å². The Kier molecular flexibility index (Phi) is 3.64. The van der Waals surface area contributed by atoms with E-state index in [9.17, 15) is 0 Å². The lowest BCUT2D eigenvalue weighted by Gasteiger charge is -2.26. The molecule has 4 nitrogen and oxygen atoms in total. The minimum atomic E-state index is 0.303. The maximum atomic E-state index is 5.45. The molecule has 2 heterocycles. The molecule has 100 valence electrons. The fourth-order valence-electron chi connectivity index (χ4n) is 3.35. The van der Waals surface area contributed by atoms with Gasteiger partial charge in [0.1, 0.15) is 0 Å². The number of aromatic nitrogens is 2. The van der Waals surface area contributed by atoms with E-state index >= 15 is 0 Å². The Morgan fingerprint density at radius 3 is 3.00 bits per heavy atom. The van der Waals surface area contributed by atoms with Gasteiger partial charge in [0.05, 0.1) is 6.04 Å². The second-order valence-electron chi connectivity index (χ2n) is 5.78. The number of rotatable bonds is 3. The van der Waals surface area contributed by atoms with Crippen molar-refractivity contribution in [3.05, 3.63) is 11.7 Å². The minimum Gasteiger partial charge on any atom is -0.338 e. The SMILES string of the molecule is CCC1CCCC(c2noc(C3CCCN3)n2)C1. The highest BCUT2D eigenvalue weighted by Crippen LogP contribution is 2.36. The maximum absolute atomic E-state index is 5.45. The van der Waals surface area contributed by atoms with Crippen LogP contribution in [0.25, 0.3) is 0 Å². The molecule has 1 saturated heterocycles. The summed E-state index contributed by atoms with van der Waals surface area (Å²) in [6, 6.07) is 0.303. The lowest BCUT2D eigenvalue weighted by atomic mass is 9.80. The van der Waals surface area contributed by atoms with Gasteiger partial charge in [-0.3, -0.25) is 0 Å². The first-order valence-electron chi connectivity index (χ1n) is 7.43. The molecular weight excluding hydrogens is 226 g/mol. The van der Waals surface area contributed by atoms with E-state index in [-0.39, 0.29) is 0 Å².